The van der Waals surface area contributed by atoms with Crippen molar-refractivity contribution in [1.29, 1.82) is 0 Å². The number of aliphatic hydroxyl groups is 1. The molecule has 0 spiro atoms. The number of methoxy groups -OCH3 is 1. The predicted molar refractivity (Wildman–Crippen MR) is 78.4 cm³/mol. The highest BCUT2D eigenvalue weighted by Gasteiger charge is 2.22. The van der Waals surface area contributed by atoms with Gasteiger partial charge in [0.1, 0.15) is 6.10 Å². The van der Waals surface area contributed by atoms with Gasteiger partial charge < -0.3 is 9.84 Å². The van der Waals surface area contributed by atoms with Crippen LogP contribution in [-0.4, -0.2) is 38.2 Å². The molecule has 7 heteroatoms. The summed E-state index contributed by atoms with van der Waals surface area (Å²) in [4.78, 5) is 0. The van der Waals surface area contributed by atoms with Crippen molar-refractivity contribution in [2.45, 2.75) is 12.6 Å². The molecule has 1 unspecified atom stereocenters. The van der Waals surface area contributed by atoms with Crippen LogP contribution in [-0.2, 0) is 11.3 Å². The van der Waals surface area contributed by atoms with E-state index in [1.807, 2.05) is 24.4 Å². The van der Waals surface area contributed by atoms with E-state index in [9.17, 15) is 5.11 Å². The minimum Gasteiger partial charge on any atom is -0.383 e. The topological polar surface area (TPSA) is 64.6 Å². The highest BCUT2D eigenvalue weighted by molar-refractivity contribution is 6.31. The second kappa shape index (κ2) is 5.85. The maximum Gasteiger partial charge on any atom is 0.126 e. The number of aromatic nitrogens is 4. The number of hydrogen-bond acceptors (Lipinski definition) is 4. The lowest BCUT2D eigenvalue weighted by Gasteiger charge is -2.13. The number of rotatable bonds is 5. The molecular formula is C14H15ClN4O2. The molecule has 0 aliphatic heterocycles. The Kier molecular flexibility index (Phi) is 3.92. The molecule has 1 N–H and O–H groups in total. The number of pyridine rings is 1. The monoisotopic (exact) mass is 306 g/mol. The fraction of sp³-hybridized carbons (Fsp3) is 0.286. The van der Waals surface area contributed by atoms with Gasteiger partial charge in [-0.15, -0.1) is 0 Å². The summed E-state index contributed by atoms with van der Waals surface area (Å²) in [5.74, 6) is 0. The molecule has 110 valence electrons. The Bertz CT molecular complexity index is 752. The number of hydrogen-bond donors (Lipinski definition) is 1. The standard InChI is InChI=1S/C14H15ClN4O2/c1-21-7-6-19-13(11(15)9-17-19)14(20)10-8-16-18-5-3-2-4-12(10)18/h2-5,8-9,14,20H,6-7H2,1H3. The van der Waals surface area contributed by atoms with E-state index in [0.29, 0.717) is 29.4 Å². The van der Waals surface area contributed by atoms with Crippen molar-refractivity contribution in [1.82, 2.24) is 19.4 Å². The van der Waals surface area contributed by atoms with Crippen LogP contribution in [0, 0.1) is 0 Å². The van der Waals surface area contributed by atoms with Gasteiger partial charge in [-0.3, -0.25) is 4.68 Å². The van der Waals surface area contributed by atoms with E-state index in [2.05, 4.69) is 10.2 Å². The van der Waals surface area contributed by atoms with Gasteiger partial charge in [0.2, 0.25) is 0 Å². The summed E-state index contributed by atoms with van der Waals surface area (Å²) in [7, 11) is 1.62. The molecule has 0 saturated carbocycles. The number of halogens is 1. The van der Waals surface area contributed by atoms with E-state index in [-0.39, 0.29) is 0 Å². The Balaban J connectivity index is 2.02. The third kappa shape index (κ3) is 2.53. The highest BCUT2D eigenvalue weighted by Crippen LogP contribution is 2.30. The zero-order valence-electron chi connectivity index (χ0n) is 11.5. The summed E-state index contributed by atoms with van der Waals surface area (Å²) in [5.41, 5.74) is 2.07. The van der Waals surface area contributed by atoms with Crippen LogP contribution in [0.15, 0.2) is 36.8 Å². The third-order valence-electron chi connectivity index (χ3n) is 3.35. The van der Waals surface area contributed by atoms with Crippen molar-refractivity contribution in [2.75, 3.05) is 13.7 Å². The number of nitrogens with zero attached hydrogens (tertiary/aromatic N) is 4. The van der Waals surface area contributed by atoms with Crippen molar-refractivity contribution in [3.63, 3.8) is 0 Å². The number of aliphatic hydroxyl groups excluding tert-OH is 1. The molecule has 0 aliphatic carbocycles. The van der Waals surface area contributed by atoms with E-state index in [1.165, 1.54) is 6.20 Å². The van der Waals surface area contributed by atoms with Gasteiger partial charge in [0, 0.05) is 18.9 Å². The molecule has 3 rings (SSSR count). The summed E-state index contributed by atoms with van der Waals surface area (Å²) < 4.78 is 8.42. The largest absolute Gasteiger partial charge is 0.383 e. The van der Waals surface area contributed by atoms with Crippen LogP contribution in [0.2, 0.25) is 5.02 Å². The first-order chi connectivity index (χ1) is 10.2. The van der Waals surface area contributed by atoms with E-state index < -0.39 is 6.10 Å². The average molecular weight is 307 g/mol. The minimum absolute atomic E-state index is 0.425. The van der Waals surface area contributed by atoms with Crippen LogP contribution in [0.4, 0.5) is 0 Å². The molecule has 0 amide bonds. The number of ether oxygens (including phenoxy) is 1. The van der Waals surface area contributed by atoms with Crippen LogP contribution in [0.5, 0.6) is 0 Å². The Morgan fingerprint density at radius 2 is 2.19 bits per heavy atom. The van der Waals surface area contributed by atoms with Crippen LogP contribution >= 0.6 is 11.6 Å². The molecule has 21 heavy (non-hydrogen) atoms. The molecule has 0 aromatic carbocycles. The Labute approximate surface area is 126 Å². The molecule has 3 aromatic heterocycles. The van der Waals surface area contributed by atoms with Gasteiger partial charge in [0.15, 0.2) is 0 Å². The average Bonchev–Trinajstić information content (AvgIpc) is 3.08. The lowest BCUT2D eigenvalue weighted by Crippen LogP contribution is -2.13. The minimum atomic E-state index is -0.892. The molecular weight excluding hydrogens is 292 g/mol. The van der Waals surface area contributed by atoms with Gasteiger partial charge in [0.05, 0.1) is 41.8 Å². The van der Waals surface area contributed by atoms with E-state index in [0.717, 1.165) is 5.52 Å². The van der Waals surface area contributed by atoms with Crippen LogP contribution in [0.25, 0.3) is 5.52 Å². The van der Waals surface area contributed by atoms with E-state index in [1.54, 1.807) is 22.5 Å². The van der Waals surface area contributed by atoms with Crippen LogP contribution in [0.1, 0.15) is 17.4 Å². The SMILES string of the molecule is COCCn1ncc(Cl)c1C(O)c1cnn2ccccc12. The first-order valence-electron chi connectivity index (χ1n) is 6.53. The smallest absolute Gasteiger partial charge is 0.126 e. The summed E-state index contributed by atoms with van der Waals surface area (Å²) in [6.07, 6.45) is 4.11. The molecule has 0 fully saturated rings. The van der Waals surface area contributed by atoms with Gasteiger partial charge in [0.25, 0.3) is 0 Å². The Morgan fingerprint density at radius 1 is 1.33 bits per heavy atom. The van der Waals surface area contributed by atoms with E-state index >= 15 is 0 Å². The molecule has 0 saturated heterocycles. The molecule has 6 nitrogen and oxygen atoms in total. The zero-order valence-corrected chi connectivity index (χ0v) is 12.2. The normalized spacial score (nSPS) is 12.9. The molecule has 0 aliphatic rings. The van der Waals surface area contributed by atoms with Crippen molar-refractivity contribution >= 4 is 17.1 Å². The first-order valence-corrected chi connectivity index (χ1v) is 6.90. The maximum absolute atomic E-state index is 10.7. The van der Waals surface area contributed by atoms with Crippen molar-refractivity contribution in [3.8, 4) is 0 Å². The Morgan fingerprint density at radius 3 is 3.00 bits per heavy atom. The molecule has 0 radical (unpaired) electrons. The van der Waals surface area contributed by atoms with Gasteiger partial charge in [-0.25, -0.2) is 4.52 Å². The van der Waals surface area contributed by atoms with Crippen molar-refractivity contribution in [2.24, 2.45) is 0 Å². The predicted octanol–water partition coefficient (Wildman–Crippen LogP) is 1.91. The Hall–Kier alpha value is -1.89. The van der Waals surface area contributed by atoms with Crippen molar-refractivity contribution in [3.05, 3.63) is 53.1 Å². The molecule has 3 heterocycles. The second-order valence-corrected chi connectivity index (χ2v) is 5.03. The van der Waals surface area contributed by atoms with Crippen molar-refractivity contribution < 1.29 is 9.84 Å². The summed E-state index contributed by atoms with van der Waals surface area (Å²) in [6, 6.07) is 5.68. The second-order valence-electron chi connectivity index (χ2n) is 4.63. The quantitative estimate of drug-likeness (QED) is 0.782. The summed E-state index contributed by atoms with van der Waals surface area (Å²) in [5, 5.41) is 19.5. The van der Waals surface area contributed by atoms with Crippen LogP contribution < -0.4 is 0 Å². The highest BCUT2D eigenvalue weighted by atomic mass is 35.5. The van der Waals surface area contributed by atoms with Gasteiger partial charge >= 0.3 is 0 Å². The first kappa shape index (κ1) is 14.1. The summed E-state index contributed by atoms with van der Waals surface area (Å²) >= 11 is 6.18. The fourth-order valence-electron chi connectivity index (χ4n) is 2.31. The fourth-order valence-corrected chi connectivity index (χ4v) is 2.56. The molecule has 0 bridgehead atoms. The lowest BCUT2D eigenvalue weighted by molar-refractivity contribution is 0.171. The number of fused-ring (bicyclic) bond motifs is 1. The molecule has 1 atom stereocenters. The maximum atomic E-state index is 10.7. The zero-order chi connectivity index (χ0) is 14.8. The lowest BCUT2D eigenvalue weighted by atomic mass is 10.1. The summed E-state index contributed by atoms with van der Waals surface area (Å²) in [6.45, 7) is 1.02. The van der Waals surface area contributed by atoms with Gasteiger partial charge in [-0.1, -0.05) is 17.7 Å². The van der Waals surface area contributed by atoms with Gasteiger partial charge in [-0.05, 0) is 12.1 Å². The van der Waals surface area contributed by atoms with Crippen LogP contribution in [0.3, 0.4) is 0 Å². The van der Waals surface area contributed by atoms with Gasteiger partial charge in [-0.2, -0.15) is 10.2 Å². The van der Waals surface area contributed by atoms with E-state index in [4.69, 9.17) is 16.3 Å². The molecule has 3 aromatic rings. The third-order valence-corrected chi connectivity index (χ3v) is 3.64.